The standard InChI is InChI=1S/C21H34O4.C20H32O4.C16H28O4.2C15H26O4.C14H24O4.6C2H6/c1-6-20(4,5)19(23)24-12-18(22)25-21(13(2)3)16-8-14-7-15(10-16)11-17(21)9-14;1-5-19(3,4)18(22)23-12-17(21)24-20(6-2)15-8-13-7-14(10-15)11-16(20)9-13;1-5-15(3,4)14(18)19-12-13(17)20-16(6-2)10-8-7-9-11-16;1-5-14(2,3)13(17)18-11-12(16)19-15(4)9-7-6-8-10-15;1-5-14(3,4)13(17)18-11-12(16)19-15(6-2)9-7-8-10-15;1-5-13(2,3)12(16)17-10-11(15)18-14(4)8-6-7-9-14;6*1-2/h13-17H,6-12H2,1-5H3;13-16H,5-12H2,1-4H3;5-12H2,1-4H3;2*5-11H2,1-4H3;5-10H2,1-4H3;6*1-2H3. The number of hydrogen-bond donors (Lipinski definition) is 0. The molecule has 0 spiro atoms. The molecule has 12 fully saturated rings. The summed E-state index contributed by atoms with van der Waals surface area (Å²) < 4.78 is 64.8. The molecule has 12 rings (SSSR count). The van der Waals surface area contributed by atoms with E-state index in [9.17, 15) is 57.5 Å². The maximum absolute atomic E-state index is 12.6. The van der Waals surface area contributed by atoms with E-state index in [4.69, 9.17) is 56.8 Å². The number of hydrogen-bond acceptors (Lipinski definition) is 24. The summed E-state index contributed by atoms with van der Waals surface area (Å²) in [6.07, 6.45) is 37.4. The van der Waals surface area contributed by atoms with E-state index in [1.165, 1.54) is 77.0 Å². The van der Waals surface area contributed by atoms with Gasteiger partial charge in [-0.25, -0.2) is 28.8 Å². The van der Waals surface area contributed by atoms with Crippen molar-refractivity contribution in [1.82, 2.24) is 0 Å². The van der Waals surface area contributed by atoms with Crippen LogP contribution in [0, 0.1) is 85.8 Å². The van der Waals surface area contributed by atoms with Gasteiger partial charge in [-0.05, 0) is 375 Å². The quantitative estimate of drug-likeness (QED) is 0.0427. The Labute approximate surface area is 834 Å². The molecule has 0 aromatic heterocycles. The van der Waals surface area contributed by atoms with E-state index in [1.54, 1.807) is 13.8 Å². The lowest BCUT2D eigenvalue weighted by Crippen LogP contribution is -2.62. The first-order valence-corrected chi connectivity index (χ1v) is 54.6. The van der Waals surface area contributed by atoms with Crippen LogP contribution in [0.4, 0.5) is 0 Å². The first-order valence-electron chi connectivity index (χ1n) is 54.6. The Bertz CT molecular complexity index is 3460. The van der Waals surface area contributed by atoms with Crippen LogP contribution >= 0.6 is 0 Å². The number of esters is 12. The average molecular weight is 1950 g/mol. The van der Waals surface area contributed by atoms with Gasteiger partial charge in [0.2, 0.25) is 0 Å². The predicted molar refractivity (Wildman–Crippen MR) is 545 cm³/mol. The molecule has 24 heteroatoms. The van der Waals surface area contributed by atoms with Gasteiger partial charge in [-0.2, -0.15) is 0 Å². The van der Waals surface area contributed by atoms with E-state index in [0.29, 0.717) is 68.1 Å². The molecule has 12 aliphatic carbocycles. The summed E-state index contributed by atoms with van der Waals surface area (Å²) in [5.41, 5.74) is -5.33. The van der Waals surface area contributed by atoms with Gasteiger partial charge in [0.05, 0.1) is 32.5 Å². The Morgan fingerprint density at radius 1 is 0.248 bits per heavy atom. The van der Waals surface area contributed by atoms with Crippen molar-refractivity contribution in [3.8, 4) is 0 Å². The third-order valence-corrected chi connectivity index (χ3v) is 31.1. The van der Waals surface area contributed by atoms with Gasteiger partial charge in [0, 0.05) is 0 Å². The summed E-state index contributed by atoms with van der Waals surface area (Å²) in [7, 11) is 0. The molecule has 0 saturated heterocycles. The topological polar surface area (TPSA) is 316 Å². The summed E-state index contributed by atoms with van der Waals surface area (Å²) in [5.74, 6) is 1.11. The molecule has 12 aliphatic rings. The fourth-order valence-corrected chi connectivity index (χ4v) is 20.2. The van der Waals surface area contributed by atoms with Crippen LogP contribution in [-0.2, 0) is 114 Å². The fraction of sp³-hybridized carbons (Fsp3) is 0.894. The van der Waals surface area contributed by atoms with Crippen LogP contribution < -0.4 is 0 Å². The number of ether oxygens (including phenoxy) is 12. The SMILES string of the molecule is CC.CC.CC.CC.CC.CC.CCC(C)(C)C(=O)OCC(=O)OC1(C(C)C)C2CC3CC(C2)CC1C3.CCC(C)(C)C(=O)OCC(=O)OC1(C)CCCC1.CCC(C)(C)C(=O)OCC(=O)OC1(C)CCCCC1.CCC(C)(C)C(=O)OCC(=O)OC1(CC)C2CC3CC(C2)CC1C3.CCC1(OC(=O)COC(=O)C(C)(C)CC)CCCC1.CCC1(OC(=O)COC(=O)C(C)(C)CC)CCCCC1. The Morgan fingerprint density at radius 2 is 0.438 bits per heavy atom. The van der Waals surface area contributed by atoms with Gasteiger partial charge < -0.3 is 56.8 Å². The van der Waals surface area contributed by atoms with E-state index in [2.05, 4.69) is 20.8 Å². The first-order chi connectivity index (χ1) is 64.3. The van der Waals surface area contributed by atoms with Crippen LogP contribution in [0.15, 0.2) is 0 Å². The third kappa shape index (κ3) is 41.9. The van der Waals surface area contributed by atoms with Gasteiger partial charge in [-0.3, -0.25) is 28.8 Å². The van der Waals surface area contributed by atoms with Crippen LogP contribution in [0.2, 0.25) is 0 Å². The zero-order valence-corrected chi connectivity index (χ0v) is 94.4. The van der Waals surface area contributed by atoms with Crippen LogP contribution in [0.5, 0.6) is 0 Å². The van der Waals surface area contributed by atoms with E-state index < -0.39 is 56.4 Å². The first kappa shape index (κ1) is 133. The third-order valence-electron chi connectivity index (χ3n) is 31.1. The Morgan fingerprint density at radius 3 is 0.650 bits per heavy atom. The molecule has 802 valence electrons. The van der Waals surface area contributed by atoms with E-state index in [1.807, 2.05) is 222 Å². The maximum Gasteiger partial charge on any atom is 0.344 e. The molecule has 0 aromatic carbocycles. The average Bonchev–Trinajstić information content (AvgIpc) is 1.55. The molecular weight excluding hydrogens is 1740 g/mol. The maximum atomic E-state index is 12.6. The minimum atomic E-state index is -0.557. The van der Waals surface area contributed by atoms with Gasteiger partial charge in [0.25, 0.3) is 0 Å². The highest BCUT2D eigenvalue weighted by Gasteiger charge is 2.62. The smallest absolute Gasteiger partial charge is 0.344 e. The van der Waals surface area contributed by atoms with E-state index in [-0.39, 0.29) is 121 Å². The highest BCUT2D eigenvalue weighted by Crippen LogP contribution is 2.63. The molecule has 0 amide bonds. The normalized spacial score (nSPS) is 23.7. The van der Waals surface area contributed by atoms with Gasteiger partial charge in [-0.15, -0.1) is 0 Å². The summed E-state index contributed by atoms with van der Waals surface area (Å²) >= 11 is 0. The van der Waals surface area contributed by atoms with Crippen molar-refractivity contribution >= 4 is 71.6 Å². The molecule has 12 saturated carbocycles. The van der Waals surface area contributed by atoms with Crippen molar-refractivity contribution < 1.29 is 114 Å². The van der Waals surface area contributed by atoms with Crippen molar-refractivity contribution in [1.29, 1.82) is 0 Å². The number of rotatable bonds is 34. The lowest BCUT2D eigenvalue weighted by atomic mass is 9.47. The fourth-order valence-electron chi connectivity index (χ4n) is 20.2. The van der Waals surface area contributed by atoms with Crippen LogP contribution in [0.25, 0.3) is 0 Å². The summed E-state index contributed by atoms with van der Waals surface area (Å²) in [4.78, 5) is 143. The monoisotopic (exact) mass is 1950 g/mol. The van der Waals surface area contributed by atoms with E-state index >= 15 is 0 Å². The summed E-state index contributed by atoms with van der Waals surface area (Å²) in [5, 5.41) is 0. The Kier molecular flexibility index (Phi) is 61.6. The largest absolute Gasteiger partial charge is 0.457 e. The van der Waals surface area contributed by atoms with Crippen molar-refractivity contribution in [3.63, 3.8) is 0 Å². The van der Waals surface area contributed by atoms with E-state index in [0.717, 1.165) is 146 Å². The minimum Gasteiger partial charge on any atom is -0.457 e. The molecule has 24 nitrogen and oxygen atoms in total. The molecule has 0 N–H and O–H groups in total. The second kappa shape index (κ2) is 63.6. The lowest BCUT2D eigenvalue weighted by Gasteiger charge is -2.61. The number of carbonyl (C=O) groups excluding carboxylic acids is 12. The molecule has 0 aromatic rings. The van der Waals surface area contributed by atoms with Gasteiger partial charge in [0.1, 0.15) is 33.6 Å². The van der Waals surface area contributed by atoms with Gasteiger partial charge >= 0.3 is 71.6 Å². The van der Waals surface area contributed by atoms with Crippen LogP contribution in [0.3, 0.4) is 0 Å². The van der Waals surface area contributed by atoms with Crippen molar-refractivity contribution in [2.75, 3.05) is 39.6 Å². The molecule has 0 unspecified atom stereocenters. The summed E-state index contributed by atoms with van der Waals surface area (Å²) in [6.45, 7) is 70.3. The zero-order valence-electron chi connectivity index (χ0n) is 94.4. The van der Waals surface area contributed by atoms with Crippen molar-refractivity contribution in [2.45, 2.75) is 527 Å². The number of carbonyl (C=O) groups is 12. The zero-order chi connectivity index (χ0) is 106. The minimum absolute atomic E-state index is 0.254. The molecule has 8 bridgehead atoms. The van der Waals surface area contributed by atoms with Crippen molar-refractivity contribution in [3.05, 3.63) is 0 Å². The van der Waals surface area contributed by atoms with Crippen LogP contribution in [-0.4, -0.2) is 145 Å². The summed E-state index contributed by atoms with van der Waals surface area (Å²) in [6, 6.07) is 0. The molecule has 0 atom stereocenters. The second-order valence-electron chi connectivity index (χ2n) is 43.2. The molecule has 0 heterocycles. The molecule has 0 aliphatic heterocycles. The second-order valence-corrected chi connectivity index (χ2v) is 43.2. The van der Waals surface area contributed by atoms with Crippen molar-refractivity contribution in [2.24, 2.45) is 85.8 Å². The lowest BCUT2D eigenvalue weighted by molar-refractivity contribution is -0.228. The Balaban J connectivity index is 0. The molecule has 0 radical (unpaired) electrons. The van der Waals surface area contributed by atoms with Gasteiger partial charge in [0.15, 0.2) is 39.6 Å². The Hall–Kier alpha value is -6.36. The highest BCUT2D eigenvalue weighted by molar-refractivity contribution is 5.83. The highest BCUT2D eigenvalue weighted by atomic mass is 16.6. The molecular formula is C113H206O24. The molecule has 137 heavy (non-hydrogen) atoms. The predicted octanol–water partition coefficient (Wildman–Crippen LogP) is 27.6. The van der Waals surface area contributed by atoms with Gasteiger partial charge in [-0.1, -0.05) is 172 Å². The van der Waals surface area contributed by atoms with Crippen LogP contribution in [0.1, 0.15) is 494 Å².